The molecule has 2 aromatic carbocycles. The van der Waals surface area contributed by atoms with E-state index in [1.165, 1.54) is 16.2 Å². The first kappa shape index (κ1) is 10.5. The van der Waals surface area contributed by atoms with Crippen molar-refractivity contribution in [2.45, 2.75) is 6.42 Å². The highest BCUT2D eigenvalue weighted by molar-refractivity contribution is 7.72. The van der Waals surface area contributed by atoms with Gasteiger partial charge in [-0.2, -0.15) is 0 Å². The molecule has 1 heterocycles. The minimum absolute atomic E-state index is 0.321. The van der Waals surface area contributed by atoms with Crippen molar-refractivity contribution >= 4 is 24.0 Å². The lowest BCUT2D eigenvalue weighted by Crippen LogP contribution is -2.11. The molecule has 1 heteroatoms. The Labute approximate surface area is 103 Å². The lowest BCUT2D eigenvalue weighted by Gasteiger charge is -2.00. The van der Waals surface area contributed by atoms with E-state index in [1.807, 2.05) is 0 Å². The minimum atomic E-state index is -0.321. The lowest BCUT2D eigenvalue weighted by atomic mass is 10.1. The summed E-state index contributed by atoms with van der Waals surface area (Å²) in [5.74, 6) is 2.36. The maximum absolute atomic E-state index is 2.36. The summed E-state index contributed by atoms with van der Waals surface area (Å²) in [4.78, 5) is 0. The molecule has 0 spiro atoms. The molecule has 1 atom stereocenters. The summed E-state index contributed by atoms with van der Waals surface area (Å²) in [6.45, 7) is 0. The highest BCUT2D eigenvalue weighted by atomic mass is 31.1. The summed E-state index contributed by atoms with van der Waals surface area (Å²) in [6.07, 6.45) is 5.53. The van der Waals surface area contributed by atoms with Crippen LogP contribution >= 0.6 is 7.55 Å². The van der Waals surface area contributed by atoms with Crippen molar-refractivity contribution in [3.8, 4) is 0 Å². The first-order chi connectivity index (χ1) is 8.45. The molecule has 1 aliphatic rings. The second-order valence-corrected chi connectivity index (χ2v) is 6.15. The van der Waals surface area contributed by atoms with Crippen LogP contribution in [-0.2, 0) is 6.42 Å². The Kier molecular flexibility index (Phi) is 2.90. The summed E-state index contributed by atoms with van der Waals surface area (Å²) in [5, 5.41) is 2.93. The largest absolute Gasteiger partial charge is 0.170 e. The van der Waals surface area contributed by atoms with Gasteiger partial charge in [-0.05, 0) is 30.7 Å². The Morgan fingerprint density at radius 1 is 0.824 bits per heavy atom. The Morgan fingerprint density at radius 2 is 1.59 bits per heavy atom. The standard InChI is InChI=1S/C16H14P/c1-2-10-15(11-3-1)17-13-7-6-9-14-8-4-5-12-16(14)17/h1-8,10-13H,9H2/q+1. The van der Waals surface area contributed by atoms with Crippen molar-refractivity contribution in [2.75, 3.05) is 0 Å². The second-order valence-electron chi connectivity index (χ2n) is 4.12. The van der Waals surface area contributed by atoms with Gasteiger partial charge in [0, 0.05) is 5.56 Å². The van der Waals surface area contributed by atoms with Crippen molar-refractivity contribution in [3.05, 3.63) is 72.3 Å². The zero-order chi connectivity index (χ0) is 11.5. The van der Waals surface area contributed by atoms with Gasteiger partial charge >= 0.3 is 0 Å². The normalized spacial score (nSPS) is 15.9. The van der Waals surface area contributed by atoms with Crippen LogP contribution in [-0.4, -0.2) is 5.80 Å². The van der Waals surface area contributed by atoms with Crippen LogP contribution in [0.4, 0.5) is 0 Å². The van der Waals surface area contributed by atoms with Crippen LogP contribution in [0.2, 0.25) is 0 Å². The highest BCUT2D eigenvalue weighted by Crippen LogP contribution is 2.25. The van der Waals surface area contributed by atoms with E-state index in [0.29, 0.717) is 0 Å². The van der Waals surface area contributed by atoms with E-state index in [2.05, 4.69) is 72.5 Å². The van der Waals surface area contributed by atoms with E-state index < -0.39 is 0 Å². The number of fused-ring (bicyclic) bond motifs is 1. The maximum atomic E-state index is 2.36. The van der Waals surface area contributed by atoms with Gasteiger partial charge in [-0.25, -0.2) is 0 Å². The van der Waals surface area contributed by atoms with Crippen LogP contribution in [0.1, 0.15) is 5.56 Å². The Bertz CT molecular complexity index is 579. The fourth-order valence-electron chi connectivity index (χ4n) is 2.15. The SMILES string of the molecule is C1=CCc2ccccc2[P+](c2ccccc2)=C1. The quantitative estimate of drug-likeness (QED) is 0.669. The summed E-state index contributed by atoms with van der Waals surface area (Å²) in [5.41, 5.74) is 1.47. The number of allylic oxidation sites excluding steroid dienone is 2. The molecule has 0 amide bonds. The fraction of sp³-hybridized carbons (Fsp3) is 0.0625. The average Bonchev–Trinajstić information content (AvgIpc) is 2.62. The van der Waals surface area contributed by atoms with Crippen LogP contribution in [0.3, 0.4) is 0 Å². The molecule has 0 saturated carbocycles. The fourth-order valence-corrected chi connectivity index (χ4v) is 4.27. The van der Waals surface area contributed by atoms with Crippen molar-refractivity contribution in [1.82, 2.24) is 0 Å². The van der Waals surface area contributed by atoms with E-state index in [1.54, 1.807) is 0 Å². The molecule has 0 fully saturated rings. The molecule has 0 saturated heterocycles. The predicted molar refractivity (Wildman–Crippen MR) is 78.0 cm³/mol. The monoisotopic (exact) mass is 237 g/mol. The van der Waals surface area contributed by atoms with Gasteiger partial charge in [0.2, 0.25) is 0 Å². The van der Waals surface area contributed by atoms with E-state index in [-0.39, 0.29) is 7.55 Å². The third-order valence-electron chi connectivity index (χ3n) is 2.99. The van der Waals surface area contributed by atoms with Crippen molar-refractivity contribution in [1.29, 1.82) is 0 Å². The minimum Gasteiger partial charge on any atom is -0.0762 e. The molecule has 0 aliphatic carbocycles. The van der Waals surface area contributed by atoms with Gasteiger partial charge in [-0.15, -0.1) is 0 Å². The molecular weight excluding hydrogens is 223 g/mol. The van der Waals surface area contributed by atoms with E-state index in [9.17, 15) is 0 Å². The first-order valence-corrected chi connectivity index (χ1v) is 7.28. The van der Waals surface area contributed by atoms with E-state index in [4.69, 9.17) is 0 Å². The summed E-state index contributed by atoms with van der Waals surface area (Å²) in [7, 11) is -0.321. The molecule has 17 heavy (non-hydrogen) atoms. The molecule has 3 rings (SSSR count). The van der Waals surface area contributed by atoms with Gasteiger partial charge in [-0.3, -0.25) is 0 Å². The second kappa shape index (κ2) is 4.69. The van der Waals surface area contributed by atoms with Crippen molar-refractivity contribution in [3.63, 3.8) is 0 Å². The van der Waals surface area contributed by atoms with Gasteiger partial charge in [0.05, 0.1) is 0 Å². The molecule has 0 aromatic heterocycles. The molecular formula is C16H14P+. The number of benzene rings is 2. The Hall–Kier alpha value is -1.65. The average molecular weight is 237 g/mol. The Morgan fingerprint density at radius 3 is 2.47 bits per heavy atom. The number of hydrogen-bond donors (Lipinski definition) is 0. The van der Waals surface area contributed by atoms with Gasteiger partial charge < -0.3 is 0 Å². The van der Waals surface area contributed by atoms with E-state index in [0.717, 1.165) is 6.42 Å². The summed E-state index contributed by atoms with van der Waals surface area (Å²) >= 11 is 0. The van der Waals surface area contributed by atoms with Gasteiger partial charge in [0.15, 0.2) is 18.2 Å². The van der Waals surface area contributed by atoms with Crippen LogP contribution in [0.25, 0.3) is 0 Å². The molecule has 1 unspecified atom stereocenters. The molecule has 0 radical (unpaired) electrons. The molecule has 82 valence electrons. The summed E-state index contributed by atoms with van der Waals surface area (Å²) < 4.78 is 0. The van der Waals surface area contributed by atoms with Crippen LogP contribution in [0, 0.1) is 0 Å². The smallest absolute Gasteiger partial charge is 0.0762 e. The van der Waals surface area contributed by atoms with Crippen LogP contribution in [0.15, 0.2) is 66.7 Å². The zero-order valence-corrected chi connectivity index (χ0v) is 10.5. The lowest BCUT2D eigenvalue weighted by molar-refractivity contribution is 1.30. The Balaban J connectivity index is 2.18. The highest BCUT2D eigenvalue weighted by Gasteiger charge is 2.21. The number of rotatable bonds is 1. The zero-order valence-electron chi connectivity index (χ0n) is 9.58. The van der Waals surface area contributed by atoms with Crippen molar-refractivity contribution < 1.29 is 0 Å². The van der Waals surface area contributed by atoms with Crippen molar-refractivity contribution in [2.24, 2.45) is 0 Å². The molecule has 0 bridgehead atoms. The number of hydrogen-bond acceptors (Lipinski definition) is 0. The third-order valence-corrected chi connectivity index (χ3v) is 5.27. The molecule has 0 N–H and O–H groups in total. The van der Waals surface area contributed by atoms with Crippen LogP contribution < -0.4 is 10.6 Å². The predicted octanol–water partition coefficient (Wildman–Crippen LogP) is 3.03. The molecule has 0 nitrogen and oxygen atoms in total. The van der Waals surface area contributed by atoms with Gasteiger partial charge in [-0.1, -0.05) is 42.5 Å². The molecule has 2 aromatic rings. The van der Waals surface area contributed by atoms with Crippen LogP contribution in [0.5, 0.6) is 0 Å². The van der Waals surface area contributed by atoms with E-state index >= 15 is 0 Å². The molecule has 1 aliphatic heterocycles. The summed E-state index contributed by atoms with van der Waals surface area (Å²) in [6, 6.07) is 19.6. The first-order valence-electron chi connectivity index (χ1n) is 5.87. The van der Waals surface area contributed by atoms with Gasteiger partial charge in [0.25, 0.3) is 0 Å². The maximum Gasteiger partial charge on any atom is 0.170 e. The topological polar surface area (TPSA) is 0 Å². The van der Waals surface area contributed by atoms with Gasteiger partial charge in [0.1, 0.15) is 5.80 Å². The third kappa shape index (κ3) is 2.09.